The molecule has 0 unspecified atom stereocenters. The van der Waals surface area contributed by atoms with E-state index in [9.17, 15) is 0 Å². The fraction of sp³-hybridized carbons (Fsp3) is 0.0455. The van der Waals surface area contributed by atoms with Crippen LogP contribution in [0.15, 0.2) is 156 Å². The highest BCUT2D eigenvalue weighted by atomic mass is 28.3. The molecule has 0 amide bonds. The molecule has 8 aromatic carbocycles. The number of rotatable bonds is 3. The zero-order valence-electron chi connectivity index (χ0n) is 26.3. The Hall–Kier alpha value is -5.64. The SMILES string of the molecule is C[Si]1(C)c2cc(N(c3ccccc3)c3ccc4c(ccc5c6ccccc6ccc45)c3)ccc2-c2c1ccc1oc3ccccc3c21. The van der Waals surface area contributed by atoms with Crippen molar-refractivity contribution in [3.63, 3.8) is 0 Å². The molecule has 1 aliphatic heterocycles. The van der Waals surface area contributed by atoms with Crippen LogP contribution in [0.1, 0.15) is 0 Å². The van der Waals surface area contributed by atoms with Crippen molar-refractivity contribution in [3.05, 3.63) is 152 Å². The summed E-state index contributed by atoms with van der Waals surface area (Å²) in [5.41, 5.74) is 8.12. The first-order valence-corrected chi connectivity index (χ1v) is 19.4. The molecular weight excluding hydrogens is 587 g/mol. The fourth-order valence-electron chi connectivity index (χ4n) is 8.15. The number of hydrogen-bond donors (Lipinski definition) is 0. The molecule has 222 valence electrons. The Kier molecular flexibility index (Phi) is 5.47. The van der Waals surface area contributed by atoms with Crippen molar-refractivity contribution in [2.75, 3.05) is 4.90 Å². The summed E-state index contributed by atoms with van der Waals surface area (Å²) >= 11 is 0. The molecule has 47 heavy (non-hydrogen) atoms. The van der Waals surface area contributed by atoms with Gasteiger partial charge in [0.05, 0.1) is 0 Å². The van der Waals surface area contributed by atoms with E-state index in [4.69, 9.17) is 4.42 Å². The van der Waals surface area contributed by atoms with Crippen LogP contribution in [0.4, 0.5) is 17.1 Å². The monoisotopic (exact) mass is 617 g/mol. The Labute approximate surface area is 274 Å². The van der Waals surface area contributed by atoms with E-state index in [-0.39, 0.29) is 0 Å². The van der Waals surface area contributed by atoms with Crippen LogP contribution < -0.4 is 15.3 Å². The summed E-state index contributed by atoms with van der Waals surface area (Å²) < 4.78 is 6.33. The summed E-state index contributed by atoms with van der Waals surface area (Å²) in [4.78, 5) is 2.42. The molecule has 0 atom stereocenters. The lowest BCUT2D eigenvalue weighted by Crippen LogP contribution is -2.49. The number of hydrogen-bond acceptors (Lipinski definition) is 2. The second kappa shape index (κ2) is 9.68. The first kappa shape index (κ1) is 26.6. The molecule has 1 aromatic heterocycles. The van der Waals surface area contributed by atoms with E-state index in [2.05, 4.69) is 170 Å². The third kappa shape index (κ3) is 3.78. The van der Waals surface area contributed by atoms with Gasteiger partial charge in [-0.2, -0.15) is 0 Å². The van der Waals surface area contributed by atoms with Crippen molar-refractivity contribution in [3.8, 4) is 11.1 Å². The minimum absolute atomic E-state index is 0.952. The summed E-state index contributed by atoms with van der Waals surface area (Å²) in [7, 11) is -2.00. The van der Waals surface area contributed by atoms with Crippen LogP contribution in [0.5, 0.6) is 0 Å². The van der Waals surface area contributed by atoms with Crippen LogP contribution in [0.25, 0.3) is 65.4 Å². The quantitative estimate of drug-likeness (QED) is 0.145. The van der Waals surface area contributed by atoms with E-state index >= 15 is 0 Å². The van der Waals surface area contributed by atoms with Crippen LogP contribution in [-0.4, -0.2) is 8.07 Å². The molecular formula is C44H31NOSi. The van der Waals surface area contributed by atoms with Crippen LogP contribution in [0.2, 0.25) is 13.1 Å². The summed E-state index contributed by atoms with van der Waals surface area (Å²) in [6, 6.07) is 55.6. The van der Waals surface area contributed by atoms with E-state index < -0.39 is 8.07 Å². The maximum Gasteiger partial charge on any atom is 0.136 e. The predicted octanol–water partition coefficient (Wildman–Crippen LogP) is 11.3. The third-order valence-electron chi connectivity index (χ3n) is 10.4. The minimum Gasteiger partial charge on any atom is -0.456 e. The minimum atomic E-state index is -2.00. The van der Waals surface area contributed by atoms with Crippen molar-refractivity contribution in [1.82, 2.24) is 0 Å². The van der Waals surface area contributed by atoms with Gasteiger partial charge in [0, 0.05) is 27.8 Å². The highest BCUT2D eigenvalue weighted by Crippen LogP contribution is 2.43. The number of para-hydroxylation sites is 2. The third-order valence-corrected chi connectivity index (χ3v) is 13.9. The van der Waals surface area contributed by atoms with Crippen LogP contribution in [0.3, 0.4) is 0 Å². The largest absolute Gasteiger partial charge is 0.456 e. The number of anilines is 3. The zero-order chi connectivity index (χ0) is 31.3. The van der Waals surface area contributed by atoms with E-state index in [1.54, 1.807) is 0 Å². The van der Waals surface area contributed by atoms with E-state index in [0.29, 0.717) is 0 Å². The van der Waals surface area contributed by atoms with Crippen molar-refractivity contribution in [2.24, 2.45) is 0 Å². The van der Waals surface area contributed by atoms with Crippen molar-refractivity contribution >= 4 is 89.8 Å². The number of furan rings is 1. The van der Waals surface area contributed by atoms with Crippen molar-refractivity contribution in [1.29, 1.82) is 0 Å². The molecule has 0 bridgehead atoms. The molecule has 2 heterocycles. The van der Waals surface area contributed by atoms with Gasteiger partial charge in [-0.3, -0.25) is 0 Å². The number of fused-ring (bicyclic) bond motifs is 12. The van der Waals surface area contributed by atoms with Gasteiger partial charge in [0.25, 0.3) is 0 Å². The van der Waals surface area contributed by atoms with Gasteiger partial charge in [-0.15, -0.1) is 0 Å². The van der Waals surface area contributed by atoms with Crippen LogP contribution in [0, 0.1) is 0 Å². The second-order valence-corrected chi connectivity index (χ2v) is 17.7. The molecule has 2 nitrogen and oxygen atoms in total. The van der Waals surface area contributed by atoms with Gasteiger partial charge in [-0.05, 0) is 102 Å². The molecule has 0 radical (unpaired) electrons. The maximum absolute atomic E-state index is 6.33. The lowest BCUT2D eigenvalue weighted by molar-refractivity contribution is 0.669. The molecule has 1 aliphatic rings. The van der Waals surface area contributed by atoms with Gasteiger partial charge in [0.1, 0.15) is 19.2 Å². The summed E-state index contributed by atoms with van der Waals surface area (Å²) in [6.45, 7) is 4.99. The van der Waals surface area contributed by atoms with Crippen molar-refractivity contribution in [2.45, 2.75) is 13.1 Å². The van der Waals surface area contributed by atoms with Gasteiger partial charge in [0.2, 0.25) is 0 Å². The Balaban J connectivity index is 1.17. The summed E-state index contributed by atoms with van der Waals surface area (Å²) in [5, 5.41) is 13.1. The molecule has 3 heteroatoms. The van der Waals surface area contributed by atoms with Crippen molar-refractivity contribution < 1.29 is 4.42 Å². The van der Waals surface area contributed by atoms with Gasteiger partial charge in [0.15, 0.2) is 0 Å². The molecule has 0 saturated carbocycles. The zero-order valence-corrected chi connectivity index (χ0v) is 27.3. The molecule has 10 rings (SSSR count). The highest BCUT2D eigenvalue weighted by Gasteiger charge is 2.39. The van der Waals surface area contributed by atoms with Gasteiger partial charge < -0.3 is 9.32 Å². The lowest BCUT2D eigenvalue weighted by atomic mass is 9.96. The number of nitrogens with zero attached hydrogens (tertiary/aromatic N) is 1. The lowest BCUT2D eigenvalue weighted by Gasteiger charge is -2.28. The van der Waals surface area contributed by atoms with E-state index in [1.807, 2.05) is 0 Å². The Morgan fingerprint density at radius 3 is 1.96 bits per heavy atom. The highest BCUT2D eigenvalue weighted by molar-refractivity contribution is 7.04. The summed E-state index contributed by atoms with van der Waals surface area (Å²) in [6.07, 6.45) is 0. The first-order valence-electron chi connectivity index (χ1n) is 16.4. The first-order chi connectivity index (χ1) is 23.1. The molecule has 9 aromatic rings. The van der Waals surface area contributed by atoms with Gasteiger partial charge >= 0.3 is 0 Å². The summed E-state index contributed by atoms with van der Waals surface area (Å²) in [5.74, 6) is 0. The molecule has 0 fully saturated rings. The normalized spacial score (nSPS) is 13.5. The Morgan fingerprint density at radius 2 is 1.11 bits per heavy atom. The Bertz CT molecular complexity index is 2720. The van der Waals surface area contributed by atoms with E-state index in [0.717, 1.165) is 22.5 Å². The van der Waals surface area contributed by atoms with Gasteiger partial charge in [-0.1, -0.05) is 116 Å². The molecule has 0 spiro atoms. The van der Waals surface area contributed by atoms with Crippen LogP contribution in [-0.2, 0) is 0 Å². The topological polar surface area (TPSA) is 16.4 Å². The smallest absolute Gasteiger partial charge is 0.136 e. The molecule has 0 N–H and O–H groups in total. The standard InChI is InChI=1S/C44H31NOSi/c1-47(2)41-25-24-40-43(37-14-8-9-15-39(37)46-40)44(41)38-23-19-32(27-42(38)47)45(30-11-4-3-5-12-30)31-18-22-34-29(26-31)17-21-35-33-13-7-6-10-28(33)16-20-36(34)35/h3-27H,1-2H3. The Morgan fingerprint density at radius 1 is 0.447 bits per heavy atom. The molecule has 0 saturated heterocycles. The maximum atomic E-state index is 6.33. The van der Waals surface area contributed by atoms with E-state index in [1.165, 1.54) is 70.3 Å². The second-order valence-electron chi connectivity index (χ2n) is 13.3. The molecule has 0 aliphatic carbocycles. The number of benzene rings is 8. The van der Waals surface area contributed by atoms with Gasteiger partial charge in [-0.25, -0.2) is 0 Å². The van der Waals surface area contributed by atoms with Crippen LogP contribution >= 0.6 is 0 Å². The average Bonchev–Trinajstić information content (AvgIpc) is 3.60. The average molecular weight is 618 g/mol. The fourth-order valence-corrected chi connectivity index (χ4v) is 11.2. The predicted molar refractivity (Wildman–Crippen MR) is 203 cm³/mol.